The Hall–Kier alpha value is -3.73. The summed E-state index contributed by atoms with van der Waals surface area (Å²) in [5.41, 5.74) is 5.24. The Balaban J connectivity index is 1.71. The van der Waals surface area contributed by atoms with E-state index in [-0.39, 0.29) is 0 Å². The van der Waals surface area contributed by atoms with Crippen LogP contribution in [0.3, 0.4) is 0 Å². The minimum absolute atomic E-state index is 0.744. The minimum Gasteiger partial charge on any atom is -0.0616 e. The van der Waals surface area contributed by atoms with Crippen LogP contribution in [-0.2, 0) is 0 Å². The van der Waals surface area contributed by atoms with E-state index >= 15 is 0 Å². The van der Waals surface area contributed by atoms with Crippen molar-refractivity contribution in [2.24, 2.45) is 0 Å². The molecule has 0 N–H and O–H groups in total. The van der Waals surface area contributed by atoms with Crippen LogP contribution in [-0.4, -0.2) is 0 Å². The van der Waals surface area contributed by atoms with E-state index < -0.39 is 7.92 Å². The Morgan fingerprint density at radius 1 is 0.429 bits per heavy atom. The van der Waals surface area contributed by atoms with Gasteiger partial charge in [-0.15, -0.1) is 0 Å². The highest BCUT2D eigenvalue weighted by Crippen LogP contribution is 2.42. The van der Waals surface area contributed by atoms with Crippen molar-refractivity contribution in [3.63, 3.8) is 0 Å². The van der Waals surface area contributed by atoms with Gasteiger partial charge in [0.15, 0.2) is 0 Å². The molecular formula is C34H27P. The lowest BCUT2D eigenvalue weighted by Crippen LogP contribution is -2.22. The van der Waals surface area contributed by atoms with Crippen molar-refractivity contribution < 1.29 is 0 Å². The molecule has 35 heavy (non-hydrogen) atoms. The second-order valence-electron chi connectivity index (χ2n) is 9.21. The van der Waals surface area contributed by atoms with Crippen molar-refractivity contribution in [1.82, 2.24) is 0 Å². The zero-order valence-corrected chi connectivity index (χ0v) is 21.0. The monoisotopic (exact) mass is 466 g/mol. The van der Waals surface area contributed by atoms with Crippen molar-refractivity contribution >= 4 is 45.4 Å². The molecule has 6 aromatic carbocycles. The molecule has 0 heterocycles. The lowest BCUT2D eigenvalue weighted by Gasteiger charge is -2.25. The highest BCUT2D eigenvalue weighted by Gasteiger charge is 2.23. The van der Waals surface area contributed by atoms with E-state index in [1.165, 1.54) is 59.7 Å². The van der Waals surface area contributed by atoms with E-state index in [9.17, 15) is 0 Å². The van der Waals surface area contributed by atoms with Gasteiger partial charge in [0.1, 0.15) is 0 Å². The lowest BCUT2D eigenvalue weighted by molar-refractivity contribution is 1.49. The van der Waals surface area contributed by atoms with Crippen LogP contribution >= 0.6 is 7.92 Å². The van der Waals surface area contributed by atoms with Crippen molar-refractivity contribution in [2.45, 2.75) is 13.8 Å². The lowest BCUT2D eigenvalue weighted by atomic mass is 9.94. The summed E-state index contributed by atoms with van der Waals surface area (Å²) in [7, 11) is -0.744. The second kappa shape index (κ2) is 9.14. The van der Waals surface area contributed by atoms with E-state index in [1.54, 1.807) is 0 Å². The zero-order chi connectivity index (χ0) is 23.8. The molecular weight excluding hydrogens is 439 g/mol. The molecule has 0 unspecified atom stereocenters. The van der Waals surface area contributed by atoms with Gasteiger partial charge in [0.25, 0.3) is 0 Å². The SMILES string of the molecule is Cc1ccc(P(c2ccc(C)cc2)c2ccc3ccccc3c2-c2cccc3ccccc23)cc1. The molecule has 6 rings (SSSR count). The average Bonchev–Trinajstić information content (AvgIpc) is 2.90. The molecule has 0 fully saturated rings. The first kappa shape index (κ1) is 21.8. The number of aryl methyl sites for hydroxylation is 2. The normalized spacial score (nSPS) is 11.4. The third-order valence-electron chi connectivity index (χ3n) is 6.79. The summed E-state index contributed by atoms with van der Waals surface area (Å²) in [6.07, 6.45) is 0. The maximum atomic E-state index is 2.38. The van der Waals surface area contributed by atoms with Crippen molar-refractivity contribution in [3.05, 3.63) is 139 Å². The fraction of sp³-hybridized carbons (Fsp3) is 0.0588. The predicted molar refractivity (Wildman–Crippen MR) is 155 cm³/mol. The highest BCUT2D eigenvalue weighted by atomic mass is 31.1. The summed E-state index contributed by atoms with van der Waals surface area (Å²) in [5.74, 6) is 0. The Bertz CT molecular complexity index is 1590. The van der Waals surface area contributed by atoms with Gasteiger partial charge >= 0.3 is 0 Å². The molecule has 0 saturated carbocycles. The van der Waals surface area contributed by atoms with Gasteiger partial charge in [-0.1, -0.05) is 139 Å². The van der Waals surface area contributed by atoms with Gasteiger partial charge in [-0.3, -0.25) is 0 Å². The summed E-state index contributed by atoms with van der Waals surface area (Å²) in [5, 5.41) is 9.34. The van der Waals surface area contributed by atoms with Crippen molar-refractivity contribution in [2.75, 3.05) is 0 Å². The summed E-state index contributed by atoms with van der Waals surface area (Å²) in [4.78, 5) is 0. The third-order valence-corrected chi connectivity index (χ3v) is 9.27. The van der Waals surface area contributed by atoms with Gasteiger partial charge in [0.05, 0.1) is 0 Å². The molecule has 0 bridgehead atoms. The van der Waals surface area contributed by atoms with Crippen LogP contribution in [0.2, 0.25) is 0 Å². The summed E-state index contributed by atoms with van der Waals surface area (Å²) in [6, 6.07) is 47.2. The van der Waals surface area contributed by atoms with Crippen LogP contribution in [0.1, 0.15) is 11.1 Å². The Labute approximate surface area is 208 Å². The molecule has 0 atom stereocenters. The van der Waals surface area contributed by atoms with Crippen LogP contribution in [0.4, 0.5) is 0 Å². The first-order valence-corrected chi connectivity index (χ1v) is 13.5. The number of hydrogen-bond donors (Lipinski definition) is 0. The topological polar surface area (TPSA) is 0 Å². The quantitative estimate of drug-likeness (QED) is 0.231. The Morgan fingerprint density at radius 3 is 1.57 bits per heavy atom. The molecule has 0 aliphatic heterocycles. The number of fused-ring (bicyclic) bond motifs is 2. The van der Waals surface area contributed by atoms with E-state index in [4.69, 9.17) is 0 Å². The average molecular weight is 467 g/mol. The molecule has 168 valence electrons. The van der Waals surface area contributed by atoms with E-state index in [2.05, 4.69) is 141 Å². The smallest absolute Gasteiger partial charge is 0.00155 e. The first-order valence-electron chi connectivity index (χ1n) is 12.1. The van der Waals surface area contributed by atoms with Crippen LogP contribution < -0.4 is 15.9 Å². The van der Waals surface area contributed by atoms with Gasteiger partial charge < -0.3 is 0 Å². The van der Waals surface area contributed by atoms with Crippen LogP contribution in [0.5, 0.6) is 0 Å². The van der Waals surface area contributed by atoms with Crippen LogP contribution in [0.25, 0.3) is 32.7 Å². The summed E-state index contributed by atoms with van der Waals surface area (Å²) in [6.45, 7) is 4.32. The van der Waals surface area contributed by atoms with Gasteiger partial charge in [0.2, 0.25) is 0 Å². The molecule has 0 saturated heterocycles. The largest absolute Gasteiger partial charge is 0.0616 e. The Morgan fingerprint density at radius 2 is 0.943 bits per heavy atom. The van der Waals surface area contributed by atoms with Crippen LogP contribution in [0, 0.1) is 13.8 Å². The van der Waals surface area contributed by atoms with Crippen LogP contribution in [0.15, 0.2) is 127 Å². The van der Waals surface area contributed by atoms with E-state index in [0.717, 1.165) is 0 Å². The number of hydrogen-bond acceptors (Lipinski definition) is 0. The van der Waals surface area contributed by atoms with Gasteiger partial charge in [-0.2, -0.15) is 0 Å². The molecule has 0 aliphatic carbocycles. The molecule has 0 radical (unpaired) electrons. The Kier molecular flexibility index (Phi) is 5.69. The van der Waals surface area contributed by atoms with E-state index in [1.807, 2.05) is 0 Å². The molecule has 0 spiro atoms. The standard InChI is InChI=1S/C34H27P/c1-24-14-19-28(20-15-24)35(29-21-16-25(2)17-22-29)33-23-18-27-9-4-6-12-31(27)34(33)32-13-7-10-26-8-3-5-11-30(26)32/h3-23H,1-2H3. The molecule has 0 nitrogen and oxygen atoms in total. The second-order valence-corrected chi connectivity index (χ2v) is 11.4. The highest BCUT2D eigenvalue weighted by molar-refractivity contribution is 7.80. The summed E-state index contributed by atoms with van der Waals surface area (Å²) >= 11 is 0. The fourth-order valence-electron chi connectivity index (χ4n) is 4.99. The number of rotatable bonds is 4. The summed E-state index contributed by atoms with van der Waals surface area (Å²) < 4.78 is 0. The maximum Gasteiger partial charge on any atom is -0.00155 e. The molecule has 1 heteroatoms. The van der Waals surface area contributed by atoms with Gasteiger partial charge in [-0.25, -0.2) is 0 Å². The van der Waals surface area contributed by atoms with Gasteiger partial charge in [-0.05, 0) is 70.4 Å². The van der Waals surface area contributed by atoms with Crippen molar-refractivity contribution in [1.29, 1.82) is 0 Å². The fourth-order valence-corrected chi connectivity index (χ4v) is 7.42. The minimum atomic E-state index is -0.744. The predicted octanol–water partition coefficient (Wildman–Crippen LogP) is 8.04. The van der Waals surface area contributed by atoms with Crippen molar-refractivity contribution in [3.8, 4) is 11.1 Å². The van der Waals surface area contributed by atoms with E-state index in [0.29, 0.717) is 0 Å². The van der Waals surface area contributed by atoms with Gasteiger partial charge in [0, 0.05) is 0 Å². The third kappa shape index (κ3) is 4.05. The molecule has 0 aliphatic rings. The molecule has 0 aromatic heterocycles. The molecule has 0 amide bonds. The zero-order valence-electron chi connectivity index (χ0n) is 20.1. The maximum absolute atomic E-state index is 2.38. The first-order chi connectivity index (χ1) is 17.2. The number of benzene rings is 6. The molecule has 6 aromatic rings.